The number of hydrogen-bond acceptors (Lipinski definition) is 2. The smallest absolute Gasteiger partial charge is 0.170 e. The van der Waals surface area contributed by atoms with Crippen LogP contribution in [-0.4, -0.2) is 11.4 Å². The van der Waals surface area contributed by atoms with Gasteiger partial charge in [0.15, 0.2) is 5.78 Å². The van der Waals surface area contributed by atoms with Crippen molar-refractivity contribution in [1.29, 1.82) is 0 Å². The predicted molar refractivity (Wildman–Crippen MR) is 50.1 cm³/mol. The summed E-state index contributed by atoms with van der Waals surface area (Å²) in [5.41, 5.74) is 2.04. The number of fused-ring (bicyclic) bond motifs is 1. The van der Waals surface area contributed by atoms with E-state index < -0.39 is 0 Å². The molecule has 0 aromatic carbocycles. The number of ether oxygens (including phenoxy) is 1. The molecule has 0 fully saturated rings. The van der Waals surface area contributed by atoms with Crippen molar-refractivity contribution in [2.45, 2.75) is 33.3 Å². The molecular formula is C11H14O2. The van der Waals surface area contributed by atoms with Crippen LogP contribution in [0.4, 0.5) is 0 Å². The lowest BCUT2D eigenvalue weighted by Crippen LogP contribution is -2.53. The second-order valence-corrected chi connectivity index (χ2v) is 4.11. The molecule has 2 rings (SSSR count). The first-order valence-corrected chi connectivity index (χ1v) is 4.56. The van der Waals surface area contributed by atoms with Gasteiger partial charge in [0, 0.05) is 6.08 Å². The minimum absolute atomic E-state index is 0.0313. The van der Waals surface area contributed by atoms with Gasteiger partial charge in [0.25, 0.3) is 0 Å². The number of ketones is 1. The Morgan fingerprint density at radius 2 is 2.00 bits per heavy atom. The molecule has 0 saturated carbocycles. The van der Waals surface area contributed by atoms with Gasteiger partial charge in [0.1, 0.15) is 5.60 Å². The average molecular weight is 178 g/mol. The highest BCUT2D eigenvalue weighted by Gasteiger charge is 2.53. The van der Waals surface area contributed by atoms with Crippen LogP contribution in [0.2, 0.25) is 0 Å². The van der Waals surface area contributed by atoms with Crippen molar-refractivity contribution in [2.75, 3.05) is 0 Å². The zero-order chi connectivity index (χ0) is 9.80. The maximum absolute atomic E-state index is 11.6. The van der Waals surface area contributed by atoms with Gasteiger partial charge in [-0.1, -0.05) is 5.57 Å². The zero-order valence-corrected chi connectivity index (χ0v) is 8.47. The Labute approximate surface area is 78.3 Å². The van der Waals surface area contributed by atoms with Crippen molar-refractivity contribution in [3.8, 4) is 0 Å². The molecule has 2 atom stereocenters. The second-order valence-electron chi connectivity index (χ2n) is 4.11. The molecule has 2 aliphatic rings. The van der Waals surface area contributed by atoms with Crippen LogP contribution < -0.4 is 0 Å². The third-order valence-corrected chi connectivity index (χ3v) is 3.32. The second kappa shape index (κ2) is 2.25. The molecule has 2 heteroatoms. The van der Waals surface area contributed by atoms with E-state index in [9.17, 15) is 4.79 Å². The van der Waals surface area contributed by atoms with E-state index in [1.54, 1.807) is 6.08 Å². The first-order chi connectivity index (χ1) is 5.97. The molecule has 0 bridgehead atoms. The number of carbonyl (C=O) groups excluding carboxylic acids is 1. The summed E-state index contributed by atoms with van der Waals surface area (Å²) < 4.78 is 5.71. The molecular weight excluding hydrogens is 164 g/mol. The molecule has 1 aliphatic heterocycles. The molecule has 0 N–H and O–H groups in total. The molecule has 2 unspecified atom stereocenters. The SMILES string of the molecule is CC1=CC(=O)C2C(C)=C(C)C2(C)O1. The summed E-state index contributed by atoms with van der Waals surface area (Å²) in [6.45, 7) is 7.88. The molecule has 0 saturated heterocycles. The maximum atomic E-state index is 11.6. The number of allylic oxidation sites excluding steroid dienone is 2. The van der Waals surface area contributed by atoms with Gasteiger partial charge >= 0.3 is 0 Å². The molecule has 1 aliphatic carbocycles. The van der Waals surface area contributed by atoms with E-state index in [4.69, 9.17) is 4.74 Å². The van der Waals surface area contributed by atoms with Gasteiger partial charge in [-0.15, -0.1) is 0 Å². The molecule has 13 heavy (non-hydrogen) atoms. The number of carbonyl (C=O) groups is 1. The van der Waals surface area contributed by atoms with Gasteiger partial charge in [-0.25, -0.2) is 0 Å². The number of hydrogen-bond donors (Lipinski definition) is 0. The molecule has 0 amide bonds. The van der Waals surface area contributed by atoms with Crippen molar-refractivity contribution in [3.05, 3.63) is 23.0 Å². The summed E-state index contributed by atoms with van der Waals surface area (Å²) in [6.07, 6.45) is 1.60. The monoisotopic (exact) mass is 178 g/mol. The van der Waals surface area contributed by atoms with Gasteiger partial charge in [-0.05, 0) is 33.3 Å². The normalized spacial score (nSPS) is 37.7. The minimum Gasteiger partial charge on any atom is -0.487 e. The fourth-order valence-electron chi connectivity index (χ4n) is 2.43. The average Bonchev–Trinajstić information content (AvgIpc) is 2.01. The minimum atomic E-state index is -0.347. The van der Waals surface area contributed by atoms with E-state index in [0.29, 0.717) is 0 Å². The van der Waals surface area contributed by atoms with Gasteiger partial charge in [0.05, 0.1) is 11.7 Å². The Balaban J connectivity index is 2.46. The van der Waals surface area contributed by atoms with E-state index >= 15 is 0 Å². The van der Waals surface area contributed by atoms with E-state index in [1.165, 1.54) is 11.1 Å². The van der Waals surface area contributed by atoms with Crippen molar-refractivity contribution in [3.63, 3.8) is 0 Å². The first kappa shape index (κ1) is 8.54. The van der Waals surface area contributed by atoms with Crippen LogP contribution in [0, 0.1) is 5.92 Å². The van der Waals surface area contributed by atoms with Crippen LogP contribution in [0.3, 0.4) is 0 Å². The van der Waals surface area contributed by atoms with Crippen molar-refractivity contribution >= 4 is 5.78 Å². The van der Waals surface area contributed by atoms with Crippen LogP contribution in [0.5, 0.6) is 0 Å². The van der Waals surface area contributed by atoms with Gasteiger partial charge in [0.2, 0.25) is 0 Å². The standard InChI is InChI=1S/C11H14O2/c1-6-5-9(12)10-7(2)8(3)11(10,4)13-6/h5,10H,1-4H3. The lowest BCUT2D eigenvalue weighted by atomic mass is 9.63. The Morgan fingerprint density at radius 3 is 2.62 bits per heavy atom. The highest BCUT2D eigenvalue weighted by molar-refractivity contribution is 5.98. The highest BCUT2D eigenvalue weighted by Crippen LogP contribution is 2.50. The molecule has 0 spiro atoms. The summed E-state index contributed by atoms with van der Waals surface area (Å²) in [5.74, 6) is 0.890. The van der Waals surface area contributed by atoms with E-state index in [-0.39, 0.29) is 17.3 Å². The van der Waals surface area contributed by atoms with Crippen molar-refractivity contribution in [2.24, 2.45) is 5.92 Å². The third-order valence-electron chi connectivity index (χ3n) is 3.32. The largest absolute Gasteiger partial charge is 0.487 e. The van der Waals surface area contributed by atoms with Crippen LogP contribution in [0.15, 0.2) is 23.0 Å². The molecule has 2 nitrogen and oxygen atoms in total. The topological polar surface area (TPSA) is 26.3 Å². The molecule has 0 radical (unpaired) electrons. The summed E-state index contributed by atoms with van der Waals surface area (Å²) in [5, 5.41) is 0. The van der Waals surface area contributed by atoms with Crippen LogP contribution >= 0.6 is 0 Å². The summed E-state index contributed by atoms with van der Waals surface area (Å²) in [7, 11) is 0. The van der Waals surface area contributed by atoms with Crippen LogP contribution in [0.25, 0.3) is 0 Å². The fourth-order valence-corrected chi connectivity index (χ4v) is 2.43. The summed E-state index contributed by atoms with van der Waals surface area (Å²) in [4.78, 5) is 11.6. The molecule has 70 valence electrons. The Morgan fingerprint density at radius 1 is 1.38 bits per heavy atom. The Bertz CT molecular complexity index is 349. The van der Waals surface area contributed by atoms with Crippen LogP contribution in [0.1, 0.15) is 27.7 Å². The first-order valence-electron chi connectivity index (χ1n) is 4.56. The Hall–Kier alpha value is -1.05. The fraction of sp³-hybridized carbons (Fsp3) is 0.545. The predicted octanol–water partition coefficient (Wildman–Crippen LogP) is 2.21. The third kappa shape index (κ3) is 0.859. The summed E-state index contributed by atoms with van der Waals surface area (Å²) >= 11 is 0. The zero-order valence-electron chi connectivity index (χ0n) is 8.47. The maximum Gasteiger partial charge on any atom is 0.170 e. The molecule has 0 aromatic rings. The van der Waals surface area contributed by atoms with E-state index in [0.717, 1.165) is 5.76 Å². The lowest BCUT2D eigenvalue weighted by molar-refractivity contribution is -0.130. The number of rotatable bonds is 0. The van der Waals surface area contributed by atoms with Crippen LogP contribution in [-0.2, 0) is 9.53 Å². The lowest BCUT2D eigenvalue weighted by Gasteiger charge is -2.49. The highest BCUT2D eigenvalue weighted by atomic mass is 16.5. The quantitative estimate of drug-likeness (QED) is 0.531. The van der Waals surface area contributed by atoms with Crippen molar-refractivity contribution < 1.29 is 9.53 Å². The van der Waals surface area contributed by atoms with Gasteiger partial charge in [-0.2, -0.15) is 0 Å². The van der Waals surface area contributed by atoms with Crippen molar-refractivity contribution in [1.82, 2.24) is 0 Å². The molecule has 1 heterocycles. The van der Waals surface area contributed by atoms with E-state index in [1.807, 2.05) is 27.7 Å². The summed E-state index contributed by atoms with van der Waals surface area (Å²) in [6, 6.07) is 0. The molecule has 0 aromatic heterocycles. The van der Waals surface area contributed by atoms with Gasteiger partial charge in [-0.3, -0.25) is 4.79 Å². The van der Waals surface area contributed by atoms with E-state index in [2.05, 4.69) is 0 Å². The van der Waals surface area contributed by atoms with Gasteiger partial charge < -0.3 is 4.74 Å². The Kier molecular flexibility index (Phi) is 1.48.